The maximum atomic E-state index is 12.4. The Balaban J connectivity index is 1.49. The second-order valence-electron chi connectivity index (χ2n) is 7.93. The largest absolute Gasteiger partial charge is 0.386 e. The lowest BCUT2D eigenvalue weighted by Gasteiger charge is -2.18. The Morgan fingerprint density at radius 2 is 2.13 bits per heavy atom. The quantitative estimate of drug-likeness (QED) is 0.419. The van der Waals surface area contributed by atoms with Crippen LogP contribution in [0.1, 0.15) is 39.0 Å². The maximum absolute atomic E-state index is 12.4. The lowest BCUT2D eigenvalue weighted by Crippen LogP contribution is -2.44. The molecule has 1 aliphatic heterocycles. The number of hydrogen-bond donors (Lipinski definition) is 3. The normalized spacial score (nSPS) is 37.9. The molecule has 5 nitrogen and oxygen atoms in total. The van der Waals surface area contributed by atoms with Gasteiger partial charge in [0.2, 0.25) is 0 Å². The lowest BCUT2D eigenvalue weighted by atomic mass is 9.86. The Bertz CT molecular complexity index is 660. The van der Waals surface area contributed by atoms with E-state index in [2.05, 4.69) is 28.3 Å². The van der Waals surface area contributed by atoms with Crippen molar-refractivity contribution in [2.45, 2.75) is 45.1 Å². The minimum Gasteiger partial charge on any atom is -0.386 e. The van der Waals surface area contributed by atoms with Crippen LogP contribution in [0.15, 0.2) is 28.9 Å². The van der Waals surface area contributed by atoms with E-state index in [-0.39, 0.29) is 22.8 Å². The number of carbonyl (C=O) groups is 1. The van der Waals surface area contributed by atoms with Gasteiger partial charge in [-0.3, -0.25) is 9.79 Å². The van der Waals surface area contributed by atoms with Crippen LogP contribution in [0, 0.1) is 16.2 Å². The summed E-state index contributed by atoms with van der Waals surface area (Å²) in [5.41, 5.74) is 8.76. The van der Waals surface area contributed by atoms with Gasteiger partial charge < -0.3 is 16.4 Å². The maximum Gasteiger partial charge on any atom is 0.267 e. The molecular weight excluding hydrogens is 288 g/mol. The Kier molecular flexibility index (Phi) is 2.83. The number of amides is 1. The number of nitrogens with two attached hydrogens (primary N) is 1. The summed E-state index contributed by atoms with van der Waals surface area (Å²) in [4.78, 5) is 16.4. The molecule has 1 amide bonds. The number of nitrogens with zero attached hydrogens (tertiary/aromatic N) is 1. The number of amidine groups is 1. The topological polar surface area (TPSA) is 79.5 Å². The third kappa shape index (κ3) is 1.85. The van der Waals surface area contributed by atoms with Crippen LogP contribution < -0.4 is 16.4 Å². The van der Waals surface area contributed by atoms with Gasteiger partial charge in [0.1, 0.15) is 5.84 Å². The van der Waals surface area contributed by atoms with E-state index in [1.165, 1.54) is 31.3 Å². The van der Waals surface area contributed by atoms with Crippen molar-refractivity contribution >= 4 is 11.7 Å². The summed E-state index contributed by atoms with van der Waals surface area (Å²) < 4.78 is 0. The molecule has 3 fully saturated rings. The Morgan fingerprint density at radius 1 is 1.43 bits per heavy atom. The molecule has 3 saturated carbocycles. The third-order valence-corrected chi connectivity index (χ3v) is 6.86. The van der Waals surface area contributed by atoms with Crippen molar-refractivity contribution in [3.8, 4) is 0 Å². The molecule has 1 heterocycles. The van der Waals surface area contributed by atoms with E-state index in [1.54, 1.807) is 7.05 Å². The SMILES string of the molecule is C=C1C2(CC2)CCC12CC21C=C(C(=O)N[C@H](C)C(N)=NC)NC1. The van der Waals surface area contributed by atoms with Crippen LogP contribution in [-0.4, -0.2) is 31.4 Å². The molecule has 0 aromatic heterocycles. The van der Waals surface area contributed by atoms with Crippen molar-refractivity contribution in [1.29, 1.82) is 0 Å². The van der Waals surface area contributed by atoms with Crippen molar-refractivity contribution in [2.24, 2.45) is 27.0 Å². The van der Waals surface area contributed by atoms with Gasteiger partial charge in [-0.1, -0.05) is 12.2 Å². The van der Waals surface area contributed by atoms with Gasteiger partial charge in [-0.15, -0.1) is 0 Å². The highest BCUT2D eigenvalue weighted by Crippen LogP contribution is 2.82. The molecular formula is C18H26N4O. The standard InChI is InChI=1S/C18H26N4O/c1-11(14(19)20-3)22-15(23)13-8-17(10-21-13)9-18(17)7-6-16(4-5-16)12(18)2/h8,11,21H,2,4-7,9-10H2,1,3H3,(H2,19,20)(H,22,23)/t11-,17?,18?/m1/s1. The highest BCUT2D eigenvalue weighted by molar-refractivity contribution is 5.97. The van der Waals surface area contributed by atoms with E-state index in [0.29, 0.717) is 16.9 Å². The zero-order valence-electron chi connectivity index (χ0n) is 14.0. The molecule has 0 aromatic rings. The molecule has 0 aromatic carbocycles. The Morgan fingerprint density at radius 3 is 2.74 bits per heavy atom. The summed E-state index contributed by atoms with van der Waals surface area (Å²) in [7, 11) is 1.63. The Hall–Kier alpha value is -1.78. The van der Waals surface area contributed by atoms with E-state index in [9.17, 15) is 4.79 Å². The fourth-order valence-electron chi connectivity index (χ4n) is 4.94. The smallest absolute Gasteiger partial charge is 0.267 e. The van der Waals surface area contributed by atoms with Crippen LogP contribution in [0.4, 0.5) is 0 Å². The predicted molar refractivity (Wildman–Crippen MR) is 90.8 cm³/mol. The summed E-state index contributed by atoms with van der Waals surface area (Å²) >= 11 is 0. The monoisotopic (exact) mass is 314 g/mol. The number of nitrogens with one attached hydrogen (secondary N) is 2. The molecule has 23 heavy (non-hydrogen) atoms. The van der Waals surface area contributed by atoms with Crippen molar-refractivity contribution in [1.82, 2.24) is 10.6 Å². The molecule has 0 saturated heterocycles. The number of fused-ring (bicyclic) bond motifs is 1. The van der Waals surface area contributed by atoms with Gasteiger partial charge >= 0.3 is 0 Å². The fourth-order valence-corrected chi connectivity index (χ4v) is 4.94. The highest BCUT2D eigenvalue weighted by atomic mass is 16.2. The van der Waals surface area contributed by atoms with Gasteiger partial charge in [-0.05, 0) is 50.5 Å². The average Bonchev–Trinajstić information content (AvgIpc) is 3.35. The van der Waals surface area contributed by atoms with E-state index in [0.717, 1.165) is 13.0 Å². The van der Waals surface area contributed by atoms with Gasteiger partial charge in [0.05, 0.1) is 11.7 Å². The zero-order chi connectivity index (χ0) is 16.5. The second-order valence-corrected chi connectivity index (χ2v) is 7.93. The van der Waals surface area contributed by atoms with Crippen LogP contribution >= 0.6 is 0 Å². The molecule has 0 bridgehead atoms. The van der Waals surface area contributed by atoms with Gasteiger partial charge in [0, 0.05) is 24.4 Å². The first-order valence-electron chi connectivity index (χ1n) is 8.58. The summed E-state index contributed by atoms with van der Waals surface area (Å²) in [5, 5.41) is 6.23. The first-order chi connectivity index (χ1) is 10.9. The number of aliphatic imine (C=N–C) groups is 1. The van der Waals surface area contributed by atoms with Crippen LogP contribution in [0.3, 0.4) is 0 Å². The van der Waals surface area contributed by atoms with E-state index >= 15 is 0 Å². The van der Waals surface area contributed by atoms with Crippen LogP contribution in [-0.2, 0) is 4.79 Å². The van der Waals surface area contributed by atoms with Gasteiger partial charge in [-0.25, -0.2) is 0 Å². The van der Waals surface area contributed by atoms with Gasteiger partial charge in [0.15, 0.2) is 0 Å². The molecule has 5 heteroatoms. The molecule has 2 unspecified atom stereocenters. The molecule has 4 aliphatic rings. The summed E-state index contributed by atoms with van der Waals surface area (Å²) in [6.07, 6.45) is 8.50. The third-order valence-electron chi connectivity index (χ3n) is 6.86. The molecule has 124 valence electrons. The van der Waals surface area contributed by atoms with Crippen LogP contribution in [0.25, 0.3) is 0 Å². The summed E-state index contributed by atoms with van der Waals surface area (Å²) in [6, 6.07) is -0.254. The van der Waals surface area contributed by atoms with Crippen LogP contribution in [0.5, 0.6) is 0 Å². The van der Waals surface area contributed by atoms with Gasteiger partial charge in [-0.2, -0.15) is 0 Å². The van der Waals surface area contributed by atoms with Crippen LogP contribution in [0.2, 0.25) is 0 Å². The lowest BCUT2D eigenvalue weighted by molar-refractivity contribution is -0.118. The van der Waals surface area contributed by atoms with E-state index < -0.39 is 0 Å². The minimum atomic E-state index is -0.254. The molecule has 3 atom stereocenters. The number of rotatable bonds is 3. The Labute approximate surface area is 137 Å². The van der Waals surface area contributed by atoms with E-state index in [4.69, 9.17) is 5.73 Å². The van der Waals surface area contributed by atoms with Gasteiger partial charge in [0.25, 0.3) is 5.91 Å². The van der Waals surface area contributed by atoms with Crippen molar-refractivity contribution in [2.75, 3.05) is 13.6 Å². The molecule has 3 spiro atoms. The van der Waals surface area contributed by atoms with Crippen molar-refractivity contribution in [3.05, 3.63) is 23.9 Å². The first-order valence-corrected chi connectivity index (χ1v) is 8.58. The van der Waals surface area contributed by atoms with Crippen molar-refractivity contribution in [3.63, 3.8) is 0 Å². The number of hydrogen-bond acceptors (Lipinski definition) is 3. The second kappa shape index (κ2) is 4.40. The zero-order valence-corrected chi connectivity index (χ0v) is 14.0. The number of allylic oxidation sites excluding steroid dienone is 1. The molecule has 4 N–H and O–H groups in total. The number of carbonyl (C=O) groups excluding carboxylic acids is 1. The minimum absolute atomic E-state index is 0.0900. The summed E-state index contributed by atoms with van der Waals surface area (Å²) in [5.74, 6) is 0.349. The molecule has 3 aliphatic carbocycles. The highest BCUT2D eigenvalue weighted by Gasteiger charge is 2.75. The van der Waals surface area contributed by atoms with E-state index in [1.807, 2.05) is 6.92 Å². The van der Waals surface area contributed by atoms with Crippen molar-refractivity contribution < 1.29 is 4.79 Å². The fraction of sp³-hybridized carbons (Fsp3) is 0.667. The summed E-state index contributed by atoms with van der Waals surface area (Å²) in [6.45, 7) is 7.17. The predicted octanol–water partition coefficient (Wildman–Crippen LogP) is 1.47. The first kappa shape index (κ1) is 14.8. The average molecular weight is 314 g/mol. The molecule has 0 radical (unpaired) electrons. The molecule has 4 rings (SSSR count).